The molecule has 2 aromatic rings. The number of benzene rings is 2. The van der Waals surface area contributed by atoms with Crippen LogP contribution in [0.4, 0.5) is 5.69 Å². The molecule has 2 amide bonds. The molecule has 1 atom stereocenters. The number of nitrogens with one attached hydrogen (secondary N) is 2. The zero-order valence-electron chi connectivity index (χ0n) is 20.7. The minimum Gasteiger partial charge on any atom is -0.492 e. The lowest BCUT2D eigenvalue weighted by Crippen LogP contribution is -2.54. The van der Waals surface area contributed by atoms with Crippen LogP contribution in [-0.4, -0.2) is 30.9 Å². The first-order valence-corrected chi connectivity index (χ1v) is 13.0. The van der Waals surface area contributed by atoms with Crippen LogP contribution in [0.3, 0.4) is 0 Å². The van der Waals surface area contributed by atoms with E-state index in [1.54, 1.807) is 42.5 Å². The molecule has 190 valence electrons. The van der Waals surface area contributed by atoms with Crippen molar-refractivity contribution in [2.24, 2.45) is 23.2 Å². The molecule has 4 fully saturated rings. The molecule has 2 aromatic carbocycles. The molecule has 0 aliphatic heterocycles. The van der Waals surface area contributed by atoms with Crippen LogP contribution in [0.5, 0.6) is 5.75 Å². The Kier molecular flexibility index (Phi) is 6.99. The molecule has 0 aromatic heterocycles. The molecule has 4 aliphatic rings. The summed E-state index contributed by atoms with van der Waals surface area (Å²) in [5.41, 5.74) is 0.704. The summed E-state index contributed by atoms with van der Waals surface area (Å²) in [5, 5.41) is 5.67. The number of carbonyl (C=O) groups is 3. The van der Waals surface area contributed by atoms with Crippen LogP contribution >= 0.6 is 0 Å². The standard InChI is InChI=1S/C29H34N2O5/c1-2-35-24-11-7-6-10-23(24)31-27(33)26(22-8-4-3-5-9-22)36-25(32)18-30-28(34)29-15-19-12-20(16-29)14-21(13-19)17-29/h3-11,19-21,26H,2,12-18H2,1H3,(H,30,34)(H,31,33). The topological polar surface area (TPSA) is 93.7 Å². The summed E-state index contributed by atoms with van der Waals surface area (Å²) < 4.78 is 11.2. The highest BCUT2D eigenvalue weighted by Gasteiger charge is 2.54. The second kappa shape index (κ2) is 10.3. The van der Waals surface area contributed by atoms with E-state index in [1.807, 2.05) is 19.1 Å². The number of anilines is 1. The van der Waals surface area contributed by atoms with Gasteiger partial charge in [0, 0.05) is 11.0 Å². The van der Waals surface area contributed by atoms with Gasteiger partial charge in [-0.05, 0) is 75.3 Å². The van der Waals surface area contributed by atoms with Gasteiger partial charge in [-0.1, -0.05) is 42.5 Å². The highest BCUT2D eigenvalue weighted by atomic mass is 16.5. The zero-order valence-corrected chi connectivity index (χ0v) is 20.7. The van der Waals surface area contributed by atoms with E-state index in [-0.39, 0.29) is 17.9 Å². The second-order valence-corrected chi connectivity index (χ2v) is 10.6. The van der Waals surface area contributed by atoms with E-state index in [0.717, 1.165) is 19.3 Å². The first-order chi connectivity index (χ1) is 17.5. The molecule has 0 saturated heterocycles. The molecule has 7 nitrogen and oxygen atoms in total. The normalized spacial score (nSPS) is 26.6. The molecule has 0 heterocycles. The Labute approximate surface area is 211 Å². The summed E-state index contributed by atoms with van der Waals surface area (Å²) in [4.78, 5) is 39.3. The Morgan fingerprint density at radius 1 is 0.917 bits per heavy atom. The number of para-hydroxylation sites is 2. The van der Waals surface area contributed by atoms with Crippen LogP contribution in [0.1, 0.15) is 57.1 Å². The summed E-state index contributed by atoms with van der Waals surface area (Å²) >= 11 is 0. The van der Waals surface area contributed by atoms with Crippen LogP contribution in [0, 0.1) is 23.2 Å². The maximum atomic E-state index is 13.2. The second-order valence-electron chi connectivity index (χ2n) is 10.6. The third-order valence-electron chi connectivity index (χ3n) is 7.95. The molecule has 4 aliphatic carbocycles. The fourth-order valence-electron chi connectivity index (χ4n) is 6.85. The molecular formula is C29H34N2O5. The van der Waals surface area contributed by atoms with E-state index in [9.17, 15) is 14.4 Å². The fraction of sp³-hybridized carbons (Fsp3) is 0.483. The predicted molar refractivity (Wildman–Crippen MR) is 135 cm³/mol. The molecule has 0 spiro atoms. The summed E-state index contributed by atoms with van der Waals surface area (Å²) in [7, 11) is 0. The number of ether oxygens (including phenoxy) is 2. The van der Waals surface area contributed by atoms with Gasteiger partial charge in [-0.3, -0.25) is 14.4 Å². The van der Waals surface area contributed by atoms with Crippen LogP contribution in [0.25, 0.3) is 0 Å². The van der Waals surface area contributed by atoms with Crippen molar-refractivity contribution in [1.29, 1.82) is 0 Å². The monoisotopic (exact) mass is 490 g/mol. The maximum Gasteiger partial charge on any atom is 0.326 e. The van der Waals surface area contributed by atoms with Gasteiger partial charge < -0.3 is 20.1 Å². The molecule has 4 saturated carbocycles. The minimum absolute atomic E-state index is 0.0371. The van der Waals surface area contributed by atoms with Gasteiger partial charge in [0.2, 0.25) is 12.0 Å². The maximum absolute atomic E-state index is 13.2. The van der Waals surface area contributed by atoms with Gasteiger partial charge in [-0.15, -0.1) is 0 Å². The molecule has 6 rings (SSSR count). The number of rotatable bonds is 9. The molecular weight excluding hydrogens is 456 g/mol. The molecule has 7 heteroatoms. The van der Waals surface area contributed by atoms with Gasteiger partial charge in [0.05, 0.1) is 12.3 Å². The number of esters is 1. The van der Waals surface area contributed by atoms with Crippen molar-refractivity contribution >= 4 is 23.5 Å². The smallest absolute Gasteiger partial charge is 0.326 e. The molecule has 4 bridgehead atoms. The summed E-state index contributed by atoms with van der Waals surface area (Å²) in [6.45, 7) is 2.06. The van der Waals surface area contributed by atoms with Crippen LogP contribution in [-0.2, 0) is 19.1 Å². The molecule has 2 N–H and O–H groups in total. The zero-order chi connectivity index (χ0) is 25.1. The van der Waals surface area contributed by atoms with Crippen molar-refractivity contribution in [3.8, 4) is 5.75 Å². The summed E-state index contributed by atoms with van der Waals surface area (Å²) in [5.74, 6) is 1.28. The largest absolute Gasteiger partial charge is 0.492 e. The van der Waals surface area contributed by atoms with Crippen LogP contribution in [0.15, 0.2) is 54.6 Å². The van der Waals surface area contributed by atoms with Gasteiger partial charge in [0.25, 0.3) is 5.91 Å². The number of hydrogen-bond acceptors (Lipinski definition) is 5. The predicted octanol–water partition coefficient (Wildman–Crippen LogP) is 4.64. The summed E-state index contributed by atoms with van der Waals surface area (Å²) in [6.07, 6.45) is 5.35. The first kappa shape index (κ1) is 24.3. The Morgan fingerprint density at radius 3 is 2.17 bits per heavy atom. The van der Waals surface area contributed by atoms with Crippen molar-refractivity contribution in [2.45, 2.75) is 51.6 Å². The average Bonchev–Trinajstić information content (AvgIpc) is 2.87. The number of carbonyl (C=O) groups excluding carboxylic acids is 3. The highest BCUT2D eigenvalue weighted by Crippen LogP contribution is 2.60. The van der Waals surface area contributed by atoms with Gasteiger partial charge in [0.15, 0.2) is 0 Å². The molecule has 36 heavy (non-hydrogen) atoms. The van der Waals surface area contributed by atoms with E-state index in [4.69, 9.17) is 9.47 Å². The average molecular weight is 491 g/mol. The van der Waals surface area contributed by atoms with Crippen molar-refractivity contribution in [3.63, 3.8) is 0 Å². The third kappa shape index (κ3) is 5.11. The lowest BCUT2D eigenvalue weighted by Gasteiger charge is -2.55. The van der Waals surface area contributed by atoms with Gasteiger partial charge in [-0.2, -0.15) is 0 Å². The lowest BCUT2D eigenvalue weighted by molar-refractivity contribution is -0.156. The van der Waals surface area contributed by atoms with Gasteiger partial charge in [-0.25, -0.2) is 0 Å². The van der Waals surface area contributed by atoms with E-state index < -0.39 is 18.0 Å². The van der Waals surface area contributed by atoms with E-state index >= 15 is 0 Å². The van der Waals surface area contributed by atoms with Crippen LogP contribution < -0.4 is 15.4 Å². The first-order valence-electron chi connectivity index (χ1n) is 13.0. The van der Waals surface area contributed by atoms with Crippen molar-refractivity contribution < 1.29 is 23.9 Å². The highest BCUT2D eigenvalue weighted by molar-refractivity contribution is 5.97. The van der Waals surface area contributed by atoms with Gasteiger partial charge >= 0.3 is 5.97 Å². The minimum atomic E-state index is -1.16. The molecule has 0 radical (unpaired) electrons. The van der Waals surface area contributed by atoms with Crippen molar-refractivity contribution in [2.75, 3.05) is 18.5 Å². The third-order valence-corrected chi connectivity index (χ3v) is 7.95. The van der Waals surface area contributed by atoms with E-state index in [2.05, 4.69) is 10.6 Å². The van der Waals surface area contributed by atoms with Crippen molar-refractivity contribution in [3.05, 3.63) is 60.2 Å². The summed E-state index contributed by atoms with van der Waals surface area (Å²) in [6, 6.07) is 16.0. The Morgan fingerprint density at radius 2 is 1.53 bits per heavy atom. The Bertz CT molecular complexity index is 1080. The SMILES string of the molecule is CCOc1ccccc1NC(=O)C(OC(=O)CNC(=O)C12CC3CC(CC(C3)C1)C2)c1ccccc1. The Hall–Kier alpha value is -3.35. The lowest BCUT2D eigenvalue weighted by atomic mass is 9.49. The van der Waals surface area contributed by atoms with Crippen molar-refractivity contribution in [1.82, 2.24) is 5.32 Å². The van der Waals surface area contributed by atoms with E-state index in [1.165, 1.54) is 19.3 Å². The molecule has 1 unspecified atom stereocenters. The Balaban J connectivity index is 1.24. The van der Waals surface area contributed by atoms with E-state index in [0.29, 0.717) is 41.4 Å². The quantitative estimate of drug-likeness (QED) is 0.500. The number of amides is 2. The number of hydrogen-bond donors (Lipinski definition) is 2. The van der Waals surface area contributed by atoms with Crippen LogP contribution in [0.2, 0.25) is 0 Å². The van der Waals surface area contributed by atoms with Gasteiger partial charge in [0.1, 0.15) is 12.3 Å². The fourth-order valence-corrected chi connectivity index (χ4v) is 6.85.